The Kier molecular flexibility index (Phi) is 12.3. The van der Waals surface area contributed by atoms with Gasteiger partial charge in [0.05, 0.1) is 48.8 Å². The Hall–Kier alpha value is -4.69. The number of methoxy groups -OCH3 is 1. The molecule has 0 bridgehead atoms. The topological polar surface area (TPSA) is 122 Å². The number of carbonyl (C=O) groups excluding carboxylic acids is 3. The van der Waals surface area contributed by atoms with E-state index in [2.05, 4.69) is 11.1 Å². The number of halogens is 6. The predicted octanol–water partition coefficient (Wildman–Crippen LogP) is 7.96. The Balaban J connectivity index is 1.29. The van der Waals surface area contributed by atoms with Crippen molar-refractivity contribution in [2.24, 2.45) is 5.92 Å². The normalized spacial score (nSPS) is 23.6. The number of aromatic nitrogens is 1. The second kappa shape index (κ2) is 16.7. The molecule has 0 radical (unpaired) electrons. The summed E-state index contributed by atoms with van der Waals surface area (Å²) in [6.45, 7) is 1.98. The van der Waals surface area contributed by atoms with Crippen molar-refractivity contribution in [3.05, 3.63) is 81.3 Å². The summed E-state index contributed by atoms with van der Waals surface area (Å²) in [5.74, 6) is -2.48. The summed E-state index contributed by atoms with van der Waals surface area (Å²) in [6, 6.07) is 11.2. The molecule has 6 rings (SSSR count). The minimum Gasteiger partial charge on any atom is -0.474 e. The van der Waals surface area contributed by atoms with Crippen molar-refractivity contribution in [3.63, 3.8) is 0 Å². The first-order valence-electron chi connectivity index (χ1n) is 18.7. The van der Waals surface area contributed by atoms with Gasteiger partial charge < -0.3 is 24.0 Å². The number of rotatable bonds is 11. The number of benzene rings is 1. The third-order valence-corrected chi connectivity index (χ3v) is 12.2. The van der Waals surface area contributed by atoms with Crippen LogP contribution >= 0.6 is 11.3 Å². The summed E-state index contributed by atoms with van der Waals surface area (Å²) < 4.78 is 101. The van der Waals surface area contributed by atoms with Crippen LogP contribution in [0.3, 0.4) is 0 Å². The van der Waals surface area contributed by atoms with Crippen molar-refractivity contribution < 1.29 is 54.9 Å². The molecular weight excluding hydrogens is 779 g/mol. The second-order valence-electron chi connectivity index (χ2n) is 14.7. The minimum absolute atomic E-state index is 0.0378. The van der Waals surface area contributed by atoms with Crippen LogP contribution in [-0.2, 0) is 43.4 Å². The van der Waals surface area contributed by atoms with Gasteiger partial charge in [0.1, 0.15) is 16.3 Å². The molecule has 2 saturated heterocycles. The molecule has 10 nitrogen and oxygen atoms in total. The number of nitriles is 1. The zero-order valence-corrected chi connectivity index (χ0v) is 32.1. The molecule has 4 heterocycles. The van der Waals surface area contributed by atoms with Crippen molar-refractivity contribution in [2.45, 2.75) is 100 Å². The van der Waals surface area contributed by atoms with Crippen molar-refractivity contribution in [1.29, 1.82) is 5.26 Å². The summed E-state index contributed by atoms with van der Waals surface area (Å²) in [6.07, 6.45) is -6.83. The molecule has 0 unspecified atom stereocenters. The second-order valence-corrected chi connectivity index (χ2v) is 15.6. The van der Waals surface area contributed by atoms with E-state index in [1.165, 1.54) is 12.0 Å². The van der Waals surface area contributed by atoms with Crippen LogP contribution in [0, 0.1) is 17.2 Å². The summed E-state index contributed by atoms with van der Waals surface area (Å²) in [4.78, 5) is 46.4. The van der Waals surface area contributed by atoms with Crippen LogP contribution in [0.25, 0.3) is 0 Å². The lowest BCUT2D eigenvalue weighted by atomic mass is 9.71. The standard InChI is InChI=1S/C40H42F6N4O6S/c1-3-8-31-38(56-28-21-32(57-23-28)40(44,45)46,12-7-16-50(31)34(51)33-30(39(41,42)43)11-6-15-48-33)36(53)49-17-13-37(24-47,14-18-49)29-10-5-4-9-25(29)22-55-27-19-26(20-27)35(52)54-2/h4-6,9-11,15,21,23,26-27,31H,3,7-8,12-14,16-20,22H2,1-2H3/t26?,27?,31-,38-/m1/s1. The van der Waals surface area contributed by atoms with E-state index in [0.29, 0.717) is 30.6 Å². The Morgan fingerprint density at radius 1 is 1.00 bits per heavy atom. The molecule has 306 valence electrons. The molecule has 1 aromatic carbocycles. The van der Waals surface area contributed by atoms with E-state index < -0.39 is 57.4 Å². The molecule has 2 amide bonds. The van der Waals surface area contributed by atoms with E-state index in [1.54, 1.807) is 13.0 Å². The quantitative estimate of drug-likeness (QED) is 0.141. The van der Waals surface area contributed by atoms with Crippen LogP contribution < -0.4 is 4.74 Å². The highest BCUT2D eigenvalue weighted by atomic mass is 32.1. The maximum atomic E-state index is 15.0. The third-order valence-electron chi connectivity index (χ3n) is 11.3. The number of carbonyl (C=O) groups is 3. The van der Waals surface area contributed by atoms with Gasteiger partial charge in [-0.3, -0.25) is 19.4 Å². The fraction of sp³-hybridized carbons (Fsp3) is 0.525. The Morgan fingerprint density at radius 3 is 2.35 bits per heavy atom. The van der Waals surface area contributed by atoms with Gasteiger partial charge >= 0.3 is 18.3 Å². The number of nitrogens with zero attached hydrogens (tertiary/aromatic N) is 4. The molecule has 1 aliphatic carbocycles. The van der Waals surface area contributed by atoms with Gasteiger partial charge in [-0.25, -0.2) is 0 Å². The van der Waals surface area contributed by atoms with Gasteiger partial charge in [0.15, 0.2) is 0 Å². The van der Waals surface area contributed by atoms with Crippen LogP contribution in [0.5, 0.6) is 5.75 Å². The van der Waals surface area contributed by atoms with Gasteiger partial charge in [0.2, 0.25) is 5.60 Å². The number of piperidine rings is 2. The van der Waals surface area contributed by atoms with Gasteiger partial charge in [-0.15, -0.1) is 11.3 Å². The number of esters is 1. The molecule has 2 atom stereocenters. The fourth-order valence-electron chi connectivity index (χ4n) is 8.26. The van der Waals surface area contributed by atoms with E-state index in [1.807, 2.05) is 18.2 Å². The molecule has 0 spiro atoms. The minimum atomic E-state index is -4.92. The molecule has 3 fully saturated rings. The number of thiophene rings is 1. The average Bonchev–Trinajstić information content (AvgIpc) is 3.66. The van der Waals surface area contributed by atoms with E-state index >= 15 is 4.79 Å². The van der Waals surface area contributed by atoms with Gasteiger partial charge in [0, 0.05) is 43.7 Å². The maximum absolute atomic E-state index is 15.0. The number of amides is 2. The first-order valence-corrected chi connectivity index (χ1v) is 19.6. The fourth-order valence-corrected chi connectivity index (χ4v) is 8.93. The van der Waals surface area contributed by atoms with E-state index in [4.69, 9.17) is 14.2 Å². The predicted molar refractivity (Wildman–Crippen MR) is 194 cm³/mol. The van der Waals surface area contributed by atoms with E-state index in [0.717, 1.165) is 45.8 Å². The van der Waals surface area contributed by atoms with Gasteiger partial charge in [0.25, 0.3) is 11.8 Å². The van der Waals surface area contributed by atoms with Crippen LogP contribution in [0.2, 0.25) is 0 Å². The largest absolute Gasteiger partial charge is 0.474 e. The highest BCUT2D eigenvalue weighted by molar-refractivity contribution is 7.10. The van der Waals surface area contributed by atoms with Gasteiger partial charge in [-0.05, 0) is 61.8 Å². The van der Waals surface area contributed by atoms with E-state index in [-0.39, 0.29) is 82.1 Å². The van der Waals surface area contributed by atoms with Crippen LogP contribution in [-0.4, -0.2) is 77.1 Å². The highest BCUT2D eigenvalue weighted by Gasteiger charge is 2.57. The highest BCUT2D eigenvalue weighted by Crippen LogP contribution is 2.44. The number of hydrogen-bond acceptors (Lipinski definition) is 9. The summed E-state index contributed by atoms with van der Waals surface area (Å²) in [7, 11) is 1.34. The molecule has 2 aromatic heterocycles. The van der Waals surface area contributed by atoms with Crippen molar-refractivity contribution in [1.82, 2.24) is 14.8 Å². The lowest BCUT2D eigenvalue weighted by molar-refractivity contribution is -0.160. The molecule has 3 aliphatic rings. The van der Waals surface area contributed by atoms with Gasteiger partial charge in [-0.1, -0.05) is 37.6 Å². The Labute approximate surface area is 329 Å². The van der Waals surface area contributed by atoms with Crippen molar-refractivity contribution >= 4 is 29.1 Å². The summed E-state index contributed by atoms with van der Waals surface area (Å²) >= 11 is 0.372. The monoisotopic (exact) mass is 820 g/mol. The molecule has 1 saturated carbocycles. The van der Waals surface area contributed by atoms with Crippen LogP contribution in [0.4, 0.5) is 26.3 Å². The maximum Gasteiger partial charge on any atom is 0.425 e. The molecule has 17 heteroatoms. The molecule has 3 aromatic rings. The number of hydrogen-bond donors (Lipinski definition) is 0. The van der Waals surface area contributed by atoms with Crippen LogP contribution in [0.15, 0.2) is 54.0 Å². The molecule has 0 N–H and O–H groups in total. The zero-order chi connectivity index (χ0) is 41.2. The SMILES string of the molecule is CCC[C@H]1N(C(=O)c2ncccc2C(F)(F)F)CCC[C@]1(Oc1csc(C(F)(F)F)c1)C(=O)N1CCC(C#N)(c2ccccc2COC2CC(C(=O)OC)C2)CC1. The molecule has 2 aliphatic heterocycles. The summed E-state index contributed by atoms with van der Waals surface area (Å²) in [5.41, 5.74) is -3.64. The molecular formula is C40H42F6N4O6S. The number of pyridine rings is 1. The lowest BCUT2D eigenvalue weighted by Gasteiger charge is -2.51. The average molecular weight is 821 g/mol. The summed E-state index contributed by atoms with van der Waals surface area (Å²) in [5, 5.41) is 11.8. The Morgan fingerprint density at radius 2 is 1.72 bits per heavy atom. The number of alkyl halides is 6. The van der Waals surface area contributed by atoms with Gasteiger partial charge in [-0.2, -0.15) is 31.6 Å². The Bertz CT molecular complexity index is 1980. The first kappa shape index (κ1) is 41.9. The van der Waals surface area contributed by atoms with E-state index in [9.17, 15) is 41.2 Å². The lowest BCUT2D eigenvalue weighted by Crippen LogP contribution is -2.68. The van der Waals surface area contributed by atoms with Crippen molar-refractivity contribution in [2.75, 3.05) is 26.7 Å². The first-order chi connectivity index (χ1) is 27.1. The number of likely N-dealkylation sites (tertiary alicyclic amines) is 2. The third kappa shape index (κ3) is 8.48. The molecule has 57 heavy (non-hydrogen) atoms. The smallest absolute Gasteiger partial charge is 0.425 e. The van der Waals surface area contributed by atoms with Crippen molar-refractivity contribution in [3.8, 4) is 11.8 Å². The number of ether oxygens (including phenoxy) is 3. The van der Waals surface area contributed by atoms with Crippen LogP contribution in [0.1, 0.15) is 90.3 Å². The zero-order valence-electron chi connectivity index (χ0n) is 31.3.